The molecule has 1 saturated heterocycles. The number of rotatable bonds is 2. The monoisotopic (exact) mass is 377 g/mol. The van der Waals surface area contributed by atoms with Crippen LogP contribution >= 0.6 is 22.9 Å². The zero-order chi connectivity index (χ0) is 17.7. The Morgan fingerprint density at radius 2 is 2.12 bits per heavy atom. The van der Waals surface area contributed by atoms with Crippen molar-refractivity contribution in [3.63, 3.8) is 0 Å². The quantitative estimate of drug-likeness (QED) is 0.806. The molecule has 2 atom stereocenters. The predicted molar refractivity (Wildman–Crippen MR) is 98.7 cm³/mol. The number of aromatic nitrogens is 2. The Bertz CT molecular complexity index is 889. The molecule has 0 saturated carbocycles. The van der Waals surface area contributed by atoms with Crippen molar-refractivity contribution in [2.75, 3.05) is 13.1 Å². The van der Waals surface area contributed by atoms with Crippen LogP contribution in [0.2, 0.25) is 4.47 Å². The molecule has 0 aromatic carbocycles. The van der Waals surface area contributed by atoms with Crippen LogP contribution in [0.4, 0.5) is 0 Å². The van der Waals surface area contributed by atoms with Crippen LogP contribution in [0.25, 0.3) is 0 Å². The average molecular weight is 378 g/mol. The van der Waals surface area contributed by atoms with Crippen LogP contribution in [0.15, 0.2) is 23.0 Å². The van der Waals surface area contributed by atoms with Gasteiger partial charge in [0, 0.05) is 42.2 Å². The van der Waals surface area contributed by atoms with E-state index in [1.807, 2.05) is 35.4 Å². The van der Waals surface area contributed by atoms with E-state index >= 15 is 0 Å². The number of hydrogen-bond donors (Lipinski definition) is 0. The third-order valence-electron chi connectivity index (χ3n) is 5.12. The van der Waals surface area contributed by atoms with Crippen LogP contribution in [-0.2, 0) is 6.54 Å². The molecule has 7 heteroatoms. The molecule has 4 rings (SSSR count). The van der Waals surface area contributed by atoms with Gasteiger partial charge in [0.15, 0.2) is 4.47 Å². The standard InChI is InChI=1S/C18H20ClN3O2S/c1-10(2)16-15(20-18(19)25-16)17(24)21-7-11-6-12(9-21)13-4-3-5-14(23)22(13)8-11/h3-5,10-12H,6-9H2,1-2H3/t11-,12+/m1/s1. The summed E-state index contributed by atoms with van der Waals surface area (Å²) >= 11 is 7.46. The normalized spacial score (nSPS) is 22.2. The number of fused-ring (bicyclic) bond motifs is 4. The maximum atomic E-state index is 13.1. The van der Waals surface area contributed by atoms with Gasteiger partial charge in [0.05, 0.1) is 0 Å². The smallest absolute Gasteiger partial charge is 0.273 e. The maximum Gasteiger partial charge on any atom is 0.273 e. The van der Waals surface area contributed by atoms with E-state index < -0.39 is 0 Å². The van der Waals surface area contributed by atoms with E-state index in [1.54, 1.807) is 6.07 Å². The van der Waals surface area contributed by atoms with Gasteiger partial charge in [-0.2, -0.15) is 0 Å². The van der Waals surface area contributed by atoms with Crippen LogP contribution in [0.5, 0.6) is 0 Å². The number of thiazole rings is 1. The molecule has 2 aliphatic heterocycles. The Morgan fingerprint density at radius 1 is 1.32 bits per heavy atom. The molecular formula is C18H20ClN3O2S. The van der Waals surface area contributed by atoms with Gasteiger partial charge in [-0.15, -0.1) is 11.3 Å². The SMILES string of the molecule is CC(C)c1sc(Cl)nc1C(=O)N1C[C@H]2C[C@@H](C1)c1cccc(=O)n1C2. The van der Waals surface area contributed by atoms with Gasteiger partial charge in [-0.1, -0.05) is 31.5 Å². The van der Waals surface area contributed by atoms with Crippen molar-refractivity contribution in [3.8, 4) is 0 Å². The molecule has 0 radical (unpaired) electrons. The average Bonchev–Trinajstić information content (AvgIpc) is 2.97. The summed E-state index contributed by atoms with van der Waals surface area (Å²) in [5.41, 5.74) is 1.59. The van der Waals surface area contributed by atoms with Crippen molar-refractivity contribution >= 4 is 28.8 Å². The molecule has 132 valence electrons. The number of nitrogens with zero attached hydrogens (tertiary/aromatic N) is 3. The molecule has 2 aliphatic rings. The van der Waals surface area contributed by atoms with E-state index in [0.717, 1.165) is 17.0 Å². The fraction of sp³-hybridized carbons (Fsp3) is 0.500. The van der Waals surface area contributed by atoms with Crippen molar-refractivity contribution in [3.05, 3.63) is 49.3 Å². The zero-order valence-electron chi connectivity index (χ0n) is 14.2. The number of carbonyl (C=O) groups is 1. The minimum Gasteiger partial charge on any atom is -0.336 e. The van der Waals surface area contributed by atoms with Crippen LogP contribution < -0.4 is 5.56 Å². The third-order valence-corrected chi connectivity index (χ3v) is 6.58. The second-order valence-electron chi connectivity index (χ2n) is 7.24. The van der Waals surface area contributed by atoms with Crippen molar-refractivity contribution in [2.24, 2.45) is 5.92 Å². The van der Waals surface area contributed by atoms with Gasteiger partial charge in [0.1, 0.15) is 5.69 Å². The van der Waals surface area contributed by atoms with Crippen molar-refractivity contribution in [2.45, 2.75) is 38.6 Å². The van der Waals surface area contributed by atoms with Crippen molar-refractivity contribution in [1.29, 1.82) is 0 Å². The summed E-state index contributed by atoms with van der Waals surface area (Å²) in [6.45, 7) is 6.08. The number of halogens is 1. The molecule has 1 fully saturated rings. The highest BCUT2D eigenvalue weighted by molar-refractivity contribution is 7.16. The minimum absolute atomic E-state index is 0.0340. The van der Waals surface area contributed by atoms with Gasteiger partial charge in [-0.05, 0) is 24.3 Å². The highest BCUT2D eigenvalue weighted by atomic mass is 35.5. The van der Waals surface area contributed by atoms with Crippen LogP contribution in [-0.4, -0.2) is 33.4 Å². The highest BCUT2D eigenvalue weighted by Gasteiger charge is 2.37. The molecule has 2 bridgehead atoms. The molecule has 0 aliphatic carbocycles. The molecule has 4 heterocycles. The predicted octanol–water partition coefficient (Wildman–Crippen LogP) is 3.34. The lowest BCUT2D eigenvalue weighted by molar-refractivity contribution is 0.0588. The highest BCUT2D eigenvalue weighted by Crippen LogP contribution is 2.37. The van der Waals surface area contributed by atoms with Gasteiger partial charge in [-0.25, -0.2) is 4.98 Å². The Hall–Kier alpha value is -1.66. The summed E-state index contributed by atoms with van der Waals surface area (Å²) in [6, 6.07) is 5.43. The van der Waals surface area contributed by atoms with E-state index in [9.17, 15) is 9.59 Å². The molecule has 25 heavy (non-hydrogen) atoms. The molecule has 1 amide bonds. The molecule has 0 unspecified atom stereocenters. The summed E-state index contributed by atoms with van der Waals surface area (Å²) in [7, 11) is 0. The second kappa shape index (κ2) is 6.25. The lowest BCUT2D eigenvalue weighted by atomic mass is 9.83. The lowest BCUT2D eigenvalue weighted by Gasteiger charge is -2.42. The van der Waals surface area contributed by atoms with Crippen LogP contribution in [0.3, 0.4) is 0 Å². The van der Waals surface area contributed by atoms with E-state index in [0.29, 0.717) is 35.7 Å². The molecule has 5 nitrogen and oxygen atoms in total. The molecular weight excluding hydrogens is 358 g/mol. The maximum absolute atomic E-state index is 13.1. The Labute approximate surface area is 155 Å². The van der Waals surface area contributed by atoms with Gasteiger partial charge < -0.3 is 9.47 Å². The van der Waals surface area contributed by atoms with E-state index in [2.05, 4.69) is 4.98 Å². The zero-order valence-corrected chi connectivity index (χ0v) is 15.8. The summed E-state index contributed by atoms with van der Waals surface area (Å²) in [5.74, 6) is 0.703. The largest absolute Gasteiger partial charge is 0.336 e. The first-order valence-electron chi connectivity index (χ1n) is 8.59. The second-order valence-corrected chi connectivity index (χ2v) is 8.86. The van der Waals surface area contributed by atoms with Gasteiger partial charge in [-0.3, -0.25) is 9.59 Å². The lowest BCUT2D eigenvalue weighted by Crippen LogP contribution is -2.49. The summed E-state index contributed by atoms with van der Waals surface area (Å²) < 4.78 is 2.29. The Morgan fingerprint density at radius 3 is 2.88 bits per heavy atom. The number of carbonyl (C=O) groups excluding carboxylic acids is 1. The molecule has 2 aromatic heterocycles. The number of amides is 1. The third kappa shape index (κ3) is 2.91. The summed E-state index contributed by atoms with van der Waals surface area (Å²) in [6.07, 6.45) is 1.03. The number of likely N-dealkylation sites (tertiary alicyclic amines) is 1. The molecule has 0 spiro atoms. The molecule has 0 N–H and O–H groups in total. The Kier molecular flexibility index (Phi) is 4.20. The van der Waals surface area contributed by atoms with Crippen molar-refractivity contribution in [1.82, 2.24) is 14.5 Å². The van der Waals surface area contributed by atoms with Crippen LogP contribution in [0, 0.1) is 5.92 Å². The van der Waals surface area contributed by atoms with E-state index in [-0.39, 0.29) is 23.3 Å². The minimum atomic E-state index is -0.0340. The first-order chi connectivity index (χ1) is 11.9. The van der Waals surface area contributed by atoms with Gasteiger partial charge in [0.25, 0.3) is 11.5 Å². The molecule has 2 aromatic rings. The van der Waals surface area contributed by atoms with Crippen molar-refractivity contribution < 1.29 is 4.79 Å². The fourth-order valence-electron chi connectivity index (χ4n) is 4.06. The first kappa shape index (κ1) is 16.8. The number of pyridine rings is 1. The Balaban J connectivity index is 1.64. The fourth-order valence-corrected chi connectivity index (χ4v) is 5.18. The van der Waals surface area contributed by atoms with E-state index in [4.69, 9.17) is 11.6 Å². The number of piperidine rings is 1. The number of hydrogen-bond acceptors (Lipinski definition) is 4. The first-order valence-corrected chi connectivity index (χ1v) is 9.78. The topological polar surface area (TPSA) is 55.2 Å². The van der Waals surface area contributed by atoms with Gasteiger partial charge >= 0.3 is 0 Å². The van der Waals surface area contributed by atoms with Crippen LogP contribution in [0.1, 0.15) is 53.2 Å². The summed E-state index contributed by atoms with van der Waals surface area (Å²) in [5, 5.41) is 0. The van der Waals surface area contributed by atoms with Gasteiger partial charge in [0.2, 0.25) is 0 Å². The van der Waals surface area contributed by atoms with E-state index in [1.165, 1.54) is 11.3 Å². The summed E-state index contributed by atoms with van der Waals surface area (Å²) in [4.78, 5) is 32.3.